The Labute approximate surface area is 98.1 Å². The highest BCUT2D eigenvalue weighted by molar-refractivity contribution is 14.1. The van der Waals surface area contributed by atoms with Crippen molar-refractivity contribution in [2.45, 2.75) is 0 Å². The molecule has 0 bridgehead atoms. The van der Waals surface area contributed by atoms with Crippen molar-refractivity contribution in [1.29, 1.82) is 0 Å². The van der Waals surface area contributed by atoms with Crippen molar-refractivity contribution in [2.24, 2.45) is 0 Å². The lowest BCUT2D eigenvalue weighted by Crippen LogP contribution is -2.01. The van der Waals surface area contributed by atoms with E-state index in [2.05, 4.69) is 37.7 Å². The molecule has 2 aromatic heterocycles. The van der Waals surface area contributed by atoms with Gasteiger partial charge in [-0.15, -0.1) is 0 Å². The first-order chi connectivity index (χ1) is 7.18. The van der Waals surface area contributed by atoms with Crippen LogP contribution in [0.25, 0.3) is 5.82 Å². The lowest BCUT2D eigenvalue weighted by molar-refractivity contribution is 0.0697. The second-order valence-corrected chi connectivity index (χ2v) is 3.84. The Kier molecular flexibility index (Phi) is 2.62. The normalized spacial score (nSPS) is 10.2. The van der Waals surface area contributed by atoms with Gasteiger partial charge in [0.2, 0.25) is 0 Å². The first-order valence-electron chi connectivity index (χ1n) is 3.92. The van der Waals surface area contributed by atoms with Crippen molar-refractivity contribution < 1.29 is 9.90 Å². The molecule has 2 rings (SSSR count). The van der Waals surface area contributed by atoms with E-state index in [4.69, 9.17) is 5.11 Å². The van der Waals surface area contributed by atoms with E-state index >= 15 is 0 Å². The minimum Gasteiger partial charge on any atom is -0.478 e. The van der Waals surface area contributed by atoms with Crippen LogP contribution in [0.5, 0.6) is 0 Å². The maximum absolute atomic E-state index is 10.6. The Morgan fingerprint density at radius 2 is 2.27 bits per heavy atom. The minimum atomic E-state index is -1.01. The molecule has 0 unspecified atom stereocenters. The lowest BCUT2D eigenvalue weighted by Gasteiger charge is -2.00. The van der Waals surface area contributed by atoms with Gasteiger partial charge in [0.25, 0.3) is 0 Å². The van der Waals surface area contributed by atoms with Crippen LogP contribution in [0.3, 0.4) is 0 Å². The summed E-state index contributed by atoms with van der Waals surface area (Å²) >= 11 is 2.06. The van der Waals surface area contributed by atoms with Gasteiger partial charge in [-0.3, -0.25) is 0 Å². The highest BCUT2D eigenvalue weighted by atomic mass is 127. The van der Waals surface area contributed by atoms with Crippen molar-refractivity contribution in [2.75, 3.05) is 0 Å². The molecule has 2 aromatic rings. The van der Waals surface area contributed by atoms with Gasteiger partial charge in [0.1, 0.15) is 6.33 Å². The number of carbonyl (C=O) groups is 1. The fourth-order valence-corrected chi connectivity index (χ4v) is 1.57. The molecule has 0 aliphatic rings. The zero-order valence-electron chi connectivity index (χ0n) is 7.33. The molecule has 0 aromatic carbocycles. The van der Waals surface area contributed by atoms with E-state index < -0.39 is 5.97 Å². The van der Waals surface area contributed by atoms with Crippen molar-refractivity contribution in [3.8, 4) is 5.82 Å². The first kappa shape index (κ1) is 10.0. The number of rotatable bonds is 2. The van der Waals surface area contributed by atoms with Crippen LogP contribution in [-0.2, 0) is 0 Å². The third-order valence-electron chi connectivity index (χ3n) is 1.69. The molecule has 0 aliphatic carbocycles. The van der Waals surface area contributed by atoms with Crippen LogP contribution in [0.4, 0.5) is 0 Å². The molecule has 1 N–H and O–H groups in total. The van der Waals surface area contributed by atoms with Crippen LogP contribution in [0.15, 0.2) is 24.9 Å². The van der Waals surface area contributed by atoms with Crippen LogP contribution in [0, 0.1) is 3.57 Å². The molecule has 0 aliphatic heterocycles. The number of hydrogen-bond donors (Lipinski definition) is 1. The van der Waals surface area contributed by atoms with Gasteiger partial charge in [-0.1, -0.05) is 0 Å². The zero-order valence-corrected chi connectivity index (χ0v) is 9.49. The summed E-state index contributed by atoms with van der Waals surface area (Å²) in [5.41, 5.74) is 0.129. The van der Waals surface area contributed by atoms with Crippen LogP contribution in [-0.4, -0.2) is 30.8 Å². The Morgan fingerprint density at radius 3 is 2.87 bits per heavy atom. The van der Waals surface area contributed by atoms with E-state index in [0.717, 1.165) is 3.57 Å². The molecule has 0 saturated carbocycles. The third kappa shape index (κ3) is 1.96. The summed E-state index contributed by atoms with van der Waals surface area (Å²) in [4.78, 5) is 18.5. The molecule has 15 heavy (non-hydrogen) atoms. The SMILES string of the molecule is O=C(O)c1cnn(-c2ncncc2I)c1. The van der Waals surface area contributed by atoms with Crippen molar-refractivity contribution in [3.63, 3.8) is 0 Å². The van der Waals surface area contributed by atoms with E-state index in [1.165, 1.54) is 23.4 Å². The second kappa shape index (κ2) is 3.93. The molecule has 6 nitrogen and oxygen atoms in total. The van der Waals surface area contributed by atoms with Crippen LogP contribution < -0.4 is 0 Å². The predicted molar refractivity (Wildman–Crippen MR) is 58.8 cm³/mol. The first-order valence-corrected chi connectivity index (χ1v) is 5.00. The van der Waals surface area contributed by atoms with Crippen LogP contribution in [0.2, 0.25) is 0 Å². The average Bonchev–Trinajstić information content (AvgIpc) is 2.67. The van der Waals surface area contributed by atoms with E-state index in [9.17, 15) is 4.79 Å². The molecule has 76 valence electrons. The molecule has 0 saturated heterocycles. The number of aromatic carboxylic acids is 1. The van der Waals surface area contributed by atoms with Gasteiger partial charge in [0, 0.05) is 12.4 Å². The minimum absolute atomic E-state index is 0.129. The summed E-state index contributed by atoms with van der Waals surface area (Å²) in [6.45, 7) is 0. The molecule has 7 heteroatoms. The number of hydrogen-bond acceptors (Lipinski definition) is 4. The topological polar surface area (TPSA) is 80.9 Å². The monoisotopic (exact) mass is 316 g/mol. The molecule has 0 atom stereocenters. The Morgan fingerprint density at radius 1 is 1.47 bits per heavy atom. The molecular formula is C8H5IN4O2. The van der Waals surface area contributed by atoms with Gasteiger partial charge < -0.3 is 5.11 Å². The number of carboxylic acids is 1. The number of nitrogens with zero attached hydrogens (tertiary/aromatic N) is 4. The Bertz CT molecular complexity index is 511. The summed E-state index contributed by atoms with van der Waals surface area (Å²) in [5, 5.41) is 12.6. The fraction of sp³-hybridized carbons (Fsp3) is 0. The highest BCUT2D eigenvalue weighted by Crippen LogP contribution is 2.12. The van der Waals surface area contributed by atoms with Gasteiger partial charge in [-0.2, -0.15) is 5.10 Å². The summed E-state index contributed by atoms with van der Waals surface area (Å²) in [6, 6.07) is 0. The molecule has 0 radical (unpaired) electrons. The van der Waals surface area contributed by atoms with Gasteiger partial charge in [-0.05, 0) is 22.6 Å². The largest absolute Gasteiger partial charge is 0.478 e. The molecule has 0 fully saturated rings. The standard InChI is InChI=1S/C8H5IN4O2/c9-6-2-10-4-11-7(6)13-3-5(1-12-13)8(14)15/h1-4H,(H,14,15). The zero-order chi connectivity index (χ0) is 10.8. The van der Waals surface area contributed by atoms with Gasteiger partial charge in [0.05, 0.1) is 15.3 Å². The maximum atomic E-state index is 10.6. The summed E-state index contributed by atoms with van der Waals surface area (Å²) in [5.74, 6) is -0.441. The smallest absolute Gasteiger partial charge is 0.338 e. The quantitative estimate of drug-likeness (QED) is 0.835. The van der Waals surface area contributed by atoms with Crippen LogP contribution >= 0.6 is 22.6 Å². The summed E-state index contributed by atoms with van der Waals surface area (Å²) < 4.78 is 2.21. The second-order valence-electron chi connectivity index (χ2n) is 2.67. The molecular weight excluding hydrogens is 311 g/mol. The lowest BCUT2D eigenvalue weighted by atomic mass is 10.4. The third-order valence-corrected chi connectivity index (χ3v) is 2.46. The van der Waals surface area contributed by atoms with Gasteiger partial charge in [0.15, 0.2) is 5.82 Å². The average molecular weight is 316 g/mol. The van der Waals surface area contributed by atoms with Gasteiger partial charge >= 0.3 is 5.97 Å². The fourth-order valence-electron chi connectivity index (χ4n) is 1.02. The van der Waals surface area contributed by atoms with E-state index in [1.54, 1.807) is 6.20 Å². The summed E-state index contributed by atoms with van der Waals surface area (Å²) in [6.07, 6.45) is 5.71. The summed E-state index contributed by atoms with van der Waals surface area (Å²) in [7, 11) is 0. The number of aromatic nitrogens is 4. The van der Waals surface area contributed by atoms with E-state index in [0.29, 0.717) is 5.82 Å². The maximum Gasteiger partial charge on any atom is 0.338 e. The highest BCUT2D eigenvalue weighted by Gasteiger charge is 2.09. The Hall–Kier alpha value is -1.51. The molecule has 0 spiro atoms. The van der Waals surface area contributed by atoms with Crippen molar-refractivity contribution >= 4 is 28.6 Å². The van der Waals surface area contributed by atoms with E-state index in [-0.39, 0.29) is 5.56 Å². The molecule has 0 amide bonds. The number of carboxylic acid groups (broad SMARTS) is 1. The molecule has 2 heterocycles. The van der Waals surface area contributed by atoms with E-state index in [1.807, 2.05) is 0 Å². The van der Waals surface area contributed by atoms with Gasteiger partial charge in [-0.25, -0.2) is 19.4 Å². The van der Waals surface area contributed by atoms with Crippen molar-refractivity contribution in [3.05, 3.63) is 34.1 Å². The van der Waals surface area contributed by atoms with Crippen LogP contribution in [0.1, 0.15) is 10.4 Å². The Balaban J connectivity index is 2.46. The van der Waals surface area contributed by atoms with Crippen molar-refractivity contribution in [1.82, 2.24) is 19.7 Å². The number of halogens is 1. The predicted octanol–water partition coefficient (Wildman–Crippen LogP) is 0.965.